The van der Waals surface area contributed by atoms with Crippen molar-refractivity contribution in [2.24, 2.45) is 0 Å². The number of hydrogen-bond donors (Lipinski definition) is 0. The molecule has 3 aromatic rings. The molecular formula is C24H22O5S3. The molecule has 0 unspecified atom stereocenters. The number of unbranched alkanes of at least 4 members (excludes halogenated alkanes) is 1. The lowest BCUT2D eigenvalue weighted by molar-refractivity contribution is -0.131. The Bertz CT molecular complexity index is 1170. The third kappa shape index (κ3) is 6.66. The number of hydrogen-bond acceptors (Lipinski definition) is 8. The number of Topliss-reactive ketones (excluding diaryl/α,β-unsaturated/α-hetero) is 1. The van der Waals surface area contributed by atoms with Gasteiger partial charge >= 0.3 is 11.9 Å². The molecule has 0 saturated carbocycles. The smallest absolute Gasteiger partial charge is 0.347 e. The number of ether oxygens (including phenoxy) is 2. The summed E-state index contributed by atoms with van der Waals surface area (Å²) in [5, 5.41) is 0. The second-order valence-corrected chi connectivity index (χ2v) is 10.1. The second-order valence-electron chi connectivity index (χ2n) is 7.15. The van der Waals surface area contributed by atoms with Gasteiger partial charge < -0.3 is 9.47 Å². The minimum absolute atomic E-state index is 0.0960. The number of carbonyl (C=O) groups excluding carboxylic acids is 3. The van der Waals surface area contributed by atoms with Crippen molar-refractivity contribution < 1.29 is 23.9 Å². The Kier molecular flexibility index (Phi) is 8.44. The molecule has 0 aliphatic rings. The van der Waals surface area contributed by atoms with Crippen molar-refractivity contribution in [2.75, 3.05) is 0 Å². The highest BCUT2D eigenvalue weighted by Crippen LogP contribution is 2.31. The molecule has 8 heteroatoms. The van der Waals surface area contributed by atoms with Crippen LogP contribution in [0, 0.1) is 3.82 Å². The monoisotopic (exact) mass is 486 g/mol. The maximum atomic E-state index is 12.9. The Morgan fingerprint density at radius 1 is 0.969 bits per heavy atom. The summed E-state index contributed by atoms with van der Waals surface area (Å²) in [6.45, 7) is 3.29. The summed E-state index contributed by atoms with van der Waals surface area (Å²) < 4.78 is 11.5. The molecular weight excluding hydrogens is 464 g/mol. The lowest BCUT2D eigenvalue weighted by Crippen LogP contribution is -2.14. The zero-order chi connectivity index (χ0) is 23.1. The maximum Gasteiger partial charge on any atom is 0.347 e. The van der Waals surface area contributed by atoms with E-state index in [1.54, 1.807) is 34.6 Å². The molecule has 2 aromatic carbocycles. The van der Waals surface area contributed by atoms with E-state index in [0.717, 1.165) is 27.1 Å². The highest BCUT2D eigenvalue weighted by Gasteiger charge is 2.18. The van der Waals surface area contributed by atoms with Crippen LogP contribution >= 0.6 is 32.9 Å². The molecule has 0 fully saturated rings. The molecule has 0 spiro atoms. The molecule has 0 saturated heterocycles. The zero-order valence-corrected chi connectivity index (χ0v) is 20.2. The van der Waals surface area contributed by atoms with E-state index in [1.807, 2.05) is 25.1 Å². The molecule has 0 atom stereocenters. The Balaban J connectivity index is 1.79. The lowest BCUT2D eigenvalue weighted by atomic mass is 10.0. The Morgan fingerprint density at radius 2 is 1.72 bits per heavy atom. The lowest BCUT2D eigenvalue weighted by Gasteiger charge is -2.11. The van der Waals surface area contributed by atoms with E-state index in [0.29, 0.717) is 17.7 Å². The summed E-state index contributed by atoms with van der Waals surface area (Å²) in [6, 6.07) is 13.8. The molecule has 166 valence electrons. The number of rotatable bonds is 9. The first-order valence-corrected chi connectivity index (χ1v) is 12.7. The van der Waals surface area contributed by atoms with Gasteiger partial charge in [0, 0.05) is 24.6 Å². The van der Waals surface area contributed by atoms with Gasteiger partial charge in [0.2, 0.25) is 0 Å². The van der Waals surface area contributed by atoms with Crippen LogP contribution in [0.25, 0.3) is 10.4 Å². The van der Waals surface area contributed by atoms with Crippen LogP contribution in [-0.2, 0) is 16.0 Å². The molecule has 0 bridgehead atoms. The van der Waals surface area contributed by atoms with Crippen molar-refractivity contribution in [3.63, 3.8) is 0 Å². The van der Waals surface area contributed by atoms with E-state index in [1.165, 1.54) is 23.3 Å². The fraction of sp³-hybridized carbons (Fsp3) is 0.250. The molecule has 0 N–H and O–H groups in total. The number of benzene rings is 2. The van der Waals surface area contributed by atoms with E-state index < -0.39 is 11.9 Å². The molecule has 32 heavy (non-hydrogen) atoms. The van der Waals surface area contributed by atoms with Gasteiger partial charge in [-0.05, 0) is 60.0 Å². The van der Waals surface area contributed by atoms with Gasteiger partial charge in [0.15, 0.2) is 0 Å². The van der Waals surface area contributed by atoms with Crippen LogP contribution in [0.1, 0.15) is 49.0 Å². The summed E-state index contributed by atoms with van der Waals surface area (Å²) in [5.74, 6) is -0.659. The van der Waals surface area contributed by atoms with E-state index in [9.17, 15) is 14.4 Å². The molecule has 3 rings (SSSR count). The summed E-state index contributed by atoms with van der Waals surface area (Å²) in [6.07, 6.45) is 2.47. The third-order valence-corrected chi connectivity index (χ3v) is 7.45. The Hall–Kier alpha value is -2.68. The van der Waals surface area contributed by atoms with Gasteiger partial charge in [-0.25, -0.2) is 4.79 Å². The highest BCUT2D eigenvalue weighted by atomic mass is 32.9. The minimum Gasteiger partial charge on any atom is -0.426 e. The van der Waals surface area contributed by atoms with Gasteiger partial charge in [0.05, 0.1) is 0 Å². The van der Waals surface area contributed by atoms with Crippen molar-refractivity contribution in [3.05, 3.63) is 63.5 Å². The van der Waals surface area contributed by atoms with Crippen molar-refractivity contribution >= 4 is 50.6 Å². The average Bonchev–Trinajstić information content (AvgIpc) is 3.19. The van der Waals surface area contributed by atoms with Gasteiger partial charge in [0.1, 0.15) is 26.7 Å². The fourth-order valence-electron chi connectivity index (χ4n) is 3.00. The van der Waals surface area contributed by atoms with E-state index in [2.05, 4.69) is 0 Å². The fourth-order valence-corrected chi connectivity index (χ4v) is 5.40. The summed E-state index contributed by atoms with van der Waals surface area (Å²) in [7, 11) is 3.12. The number of carbonyl (C=O) groups is 3. The topological polar surface area (TPSA) is 69.7 Å². The van der Waals surface area contributed by atoms with Gasteiger partial charge in [-0.3, -0.25) is 9.59 Å². The van der Waals surface area contributed by atoms with Crippen molar-refractivity contribution in [1.82, 2.24) is 0 Å². The highest BCUT2D eigenvalue weighted by molar-refractivity contribution is 7.80. The molecule has 0 amide bonds. The Morgan fingerprint density at radius 3 is 2.34 bits per heavy atom. The normalized spacial score (nSPS) is 10.6. The van der Waals surface area contributed by atoms with Crippen LogP contribution in [0.3, 0.4) is 0 Å². The minimum atomic E-state index is -0.664. The van der Waals surface area contributed by atoms with Crippen molar-refractivity contribution in [3.8, 4) is 21.9 Å². The first kappa shape index (κ1) is 24.0. The van der Waals surface area contributed by atoms with Crippen LogP contribution in [0.4, 0.5) is 0 Å². The molecule has 1 heterocycles. The van der Waals surface area contributed by atoms with Crippen molar-refractivity contribution in [1.29, 1.82) is 0 Å². The SMILES string of the molecule is CCCCC(=O)Cc1ccc(OC(C)=O)c(C(=O)Oc2ccc(-c3cc(=S)ss3)cc2)c1. The first-order valence-electron chi connectivity index (χ1n) is 10.1. The summed E-state index contributed by atoms with van der Waals surface area (Å²) in [4.78, 5) is 37.5. The predicted molar refractivity (Wildman–Crippen MR) is 129 cm³/mol. The molecule has 0 radical (unpaired) electrons. The first-order chi connectivity index (χ1) is 15.4. The van der Waals surface area contributed by atoms with Gasteiger partial charge in [-0.15, -0.1) is 0 Å². The van der Waals surface area contributed by atoms with Crippen LogP contribution in [0.15, 0.2) is 48.5 Å². The largest absolute Gasteiger partial charge is 0.426 e. The zero-order valence-electron chi connectivity index (χ0n) is 17.7. The van der Waals surface area contributed by atoms with Gasteiger partial charge in [0.25, 0.3) is 0 Å². The number of esters is 2. The van der Waals surface area contributed by atoms with Crippen LogP contribution < -0.4 is 9.47 Å². The maximum absolute atomic E-state index is 12.9. The van der Waals surface area contributed by atoms with Crippen LogP contribution in [0.2, 0.25) is 0 Å². The third-order valence-electron chi connectivity index (χ3n) is 4.54. The van der Waals surface area contributed by atoms with Gasteiger partial charge in [-0.1, -0.05) is 52.3 Å². The van der Waals surface area contributed by atoms with Crippen molar-refractivity contribution in [2.45, 2.75) is 39.5 Å². The van der Waals surface area contributed by atoms with Crippen LogP contribution in [-0.4, -0.2) is 17.7 Å². The second kappa shape index (κ2) is 11.3. The predicted octanol–water partition coefficient (Wildman–Crippen LogP) is 6.65. The molecule has 0 aliphatic carbocycles. The van der Waals surface area contributed by atoms with E-state index in [4.69, 9.17) is 21.7 Å². The van der Waals surface area contributed by atoms with E-state index >= 15 is 0 Å². The number of ketones is 1. The summed E-state index contributed by atoms with van der Waals surface area (Å²) >= 11 is 5.17. The molecule has 1 aromatic heterocycles. The average molecular weight is 487 g/mol. The molecule has 5 nitrogen and oxygen atoms in total. The Labute approximate surface area is 199 Å². The standard InChI is InChI=1S/C24H22O5S3/c1-3-4-5-18(26)12-16-6-11-21(28-15(2)25)20(13-16)24(27)29-19-9-7-17(8-10-19)22-14-23(30)32-31-22/h6-11,13-14H,3-5,12H2,1-2H3. The summed E-state index contributed by atoms with van der Waals surface area (Å²) in [5.41, 5.74) is 1.75. The molecule has 0 aliphatic heterocycles. The van der Waals surface area contributed by atoms with Gasteiger partial charge in [-0.2, -0.15) is 0 Å². The van der Waals surface area contributed by atoms with Crippen LogP contribution in [0.5, 0.6) is 11.5 Å². The quantitative estimate of drug-likeness (QED) is 0.146. The van der Waals surface area contributed by atoms with E-state index in [-0.39, 0.29) is 23.5 Å².